The van der Waals surface area contributed by atoms with Gasteiger partial charge in [0.2, 0.25) is 0 Å². The van der Waals surface area contributed by atoms with Crippen molar-refractivity contribution in [1.82, 2.24) is 14.8 Å². The van der Waals surface area contributed by atoms with Crippen molar-refractivity contribution in [3.63, 3.8) is 0 Å². The monoisotopic (exact) mass is 422 g/mol. The van der Waals surface area contributed by atoms with Gasteiger partial charge in [0, 0.05) is 11.1 Å². The predicted molar refractivity (Wildman–Crippen MR) is 113 cm³/mol. The Balaban J connectivity index is 1.92. The minimum atomic E-state index is -0.657. The van der Waals surface area contributed by atoms with E-state index in [1.54, 1.807) is 9.58 Å². The molecule has 1 aliphatic rings. The van der Waals surface area contributed by atoms with Gasteiger partial charge in [0.1, 0.15) is 12.4 Å². The maximum absolute atomic E-state index is 12.6. The van der Waals surface area contributed by atoms with Gasteiger partial charge >= 0.3 is 11.9 Å². The molecule has 0 aliphatic carbocycles. The van der Waals surface area contributed by atoms with Gasteiger partial charge in [-0.1, -0.05) is 12.1 Å². The summed E-state index contributed by atoms with van der Waals surface area (Å²) in [7, 11) is 2.52. The summed E-state index contributed by atoms with van der Waals surface area (Å²) in [5, 5.41) is 5.36. The molecule has 0 atom stereocenters. The minimum absolute atomic E-state index is 0.0514. The molecule has 0 fully saturated rings. The van der Waals surface area contributed by atoms with Gasteiger partial charge in [-0.3, -0.25) is 0 Å². The van der Waals surface area contributed by atoms with Gasteiger partial charge in [-0.25, -0.2) is 19.3 Å². The van der Waals surface area contributed by atoms with Crippen LogP contribution in [0, 0.1) is 13.8 Å². The minimum Gasteiger partial charge on any atom is -0.466 e. The molecule has 9 heteroatoms. The van der Waals surface area contributed by atoms with E-state index >= 15 is 0 Å². The molecule has 0 N–H and O–H groups in total. The number of esters is 2. The Labute approximate surface area is 178 Å². The molecule has 1 aliphatic heterocycles. The van der Waals surface area contributed by atoms with Crippen LogP contribution in [-0.4, -0.2) is 54.3 Å². The van der Waals surface area contributed by atoms with E-state index in [0.717, 1.165) is 16.8 Å². The number of fused-ring (bicyclic) bond motifs is 1. The number of hydrogen-bond acceptors (Lipinski definition) is 8. The summed E-state index contributed by atoms with van der Waals surface area (Å²) in [6.07, 6.45) is 0. The first-order chi connectivity index (χ1) is 14.9. The average molecular weight is 422 g/mol. The van der Waals surface area contributed by atoms with E-state index < -0.39 is 11.9 Å². The number of carbonyl (C=O) groups excluding carboxylic acids is 2. The molecule has 0 spiro atoms. The number of carbonyl (C=O) groups is 2. The van der Waals surface area contributed by atoms with Crippen molar-refractivity contribution < 1.29 is 23.8 Å². The van der Waals surface area contributed by atoms with Gasteiger partial charge in [-0.15, -0.1) is 0 Å². The summed E-state index contributed by atoms with van der Waals surface area (Å²) in [4.78, 5) is 31.3. The SMILES string of the molecule is COC(=O)C1=C(C(=O)OC)N(c2cccc3ccc(-n4nc(C)cc4C)nc23)COC1. The topological polar surface area (TPSA) is 95.8 Å². The highest BCUT2D eigenvalue weighted by molar-refractivity contribution is 6.05. The fourth-order valence-corrected chi connectivity index (χ4v) is 3.65. The van der Waals surface area contributed by atoms with Gasteiger partial charge in [-0.2, -0.15) is 5.10 Å². The lowest BCUT2D eigenvalue weighted by Gasteiger charge is -2.31. The van der Waals surface area contributed by atoms with Crippen molar-refractivity contribution in [3.05, 3.63) is 59.1 Å². The number of aromatic nitrogens is 3. The Morgan fingerprint density at radius 2 is 1.84 bits per heavy atom. The lowest BCUT2D eigenvalue weighted by atomic mass is 10.1. The largest absolute Gasteiger partial charge is 0.466 e. The van der Waals surface area contributed by atoms with Gasteiger partial charge in [0.05, 0.1) is 43.3 Å². The first-order valence-corrected chi connectivity index (χ1v) is 9.63. The summed E-state index contributed by atoms with van der Waals surface area (Å²) in [6, 6.07) is 11.4. The van der Waals surface area contributed by atoms with Crippen molar-refractivity contribution >= 4 is 28.5 Å². The lowest BCUT2D eigenvalue weighted by Crippen LogP contribution is -2.39. The van der Waals surface area contributed by atoms with Crippen LogP contribution in [0.4, 0.5) is 5.69 Å². The normalized spacial score (nSPS) is 14.1. The summed E-state index contributed by atoms with van der Waals surface area (Å²) in [6.45, 7) is 3.87. The van der Waals surface area contributed by atoms with Crippen molar-refractivity contribution in [2.75, 3.05) is 32.5 Å². The number of benzene rings is 1. The van der Waals surface area contributed by atoms with Crippen LogP contribution in [0.15, 0.2) is 47.7 Å². The molecule has 2 aromatic heterocycles. The molecule has 3 heterocycles. The number of ether oxygens (including phenoxy) is 3. The molecule has 160 valence electrons. The molecule has 0 radical (unpaired) electrons. The zero-order valence-corrected chi connectivity index (χ0v) is 17.7. The molecule has 9 nitrogen and oxygen atoms in total. The maximum Gasteiger partial charge on any atom is 0.355 e. The number of rotatable bonds is 4. The van der Waals surface area contributed by atoms with E-state index in [4.69, 9.17) is 19.2 Å². The fraction of sp³-hybridized carbons (Fsp3) is 0.273. The van der Waals surface area contributed by atoms with Gasteiger partial charge in [-0.05, 0) is 38.1 Å². The quantitative estimate of drug-likeness (QED) is 0.592. The van der Waals surface area contributed by atoms with Crippen LogP contribution in [0.5, 0.6) is 0 Å². The van der Waals surface area contributed by atoms with E-state index in [2.05, 4.69) is 5.10 Å². The Kier molecular flexibility index (Phi) is 5.43. The second-order valence-electron chi connectivity index (χ2n) is 7.07. The van der Waals surface area contributed by atoms with Gasteiger partial charge < -0.3 is 19.1 Å². The van der Waals surface area contributed by atoms with E-state index in [1.807, 2.05) is 50.2 Å². The zero-order chi connectivity index (χ0) is 22.1. The summed E-state index contributed by atoms with van der Waals surface area (Å²) < 4.78 is 17.2. The van der Waals surface area contributed by atoms with Crippen molar-refractivity contribution in [2.24, 2.45) is 0 Å². The summed E-state index contributed by atoms with van der Waals surface area (Å²) >= 11 is 0. The van der Waals surface area contributed by atoms with Crippen LogP contribution in [0.1, 0.15) is 11.4 Å². The third-order valence-corrected chi connectivity index (χ3v) is 5.03. The van der Waals surface area contributed by atoms with Crippen LogP contribution < -0.4 is 4.90 Å². The predicted octanol–water partition coefficient (Wildman–Crippen LogP) is 2.43. The van der Waals surface area contributed by atoms with Crippen LogP contribution >= 0.6 is 0 Å². The lowest BCUT2D eigenvalue weighted by molar-refractivity contribution is -0.140. The molecule has 0 saturated heterocycles. The molecule has 0 unspecified atom stereocenters. The van der Waals surface area contributed by atoms with Crippen molar-refractivity contribution in [1.29, 1.82) is 0 Å². The Hall–Kier alpha value is -3.72. The van der Waals surface area contributed by atoms with Crippen molar-refractivity contribution in [2.45, 2.75) is 13.8 Å². The average Bonchev–Trinajstić information content (AvgIpc) is 3.14. The highest BCUT2D eigenvalue weighted by atomic mass is 16.5. The zero-order valence-electron chi connectivity index (χ0n) is 17.7. The van der Waals surface area contributed by atoms with E-state index in [1.165, 1.54) is 14.2 Å². The number of methoxy groups -OCH3 is 2. The molecule has 4 rings (SSSR count). The smallest absolute Gasteiger partial charge is 0.355 e. The van der Waals surface area contributed by atoms with Gasteiger partial charge in [0.25, 0.3) is 0 Å². The third kappa shape index (κ3) is 3.64. The van der Waals surface area contributed by atoms with Crippen molar-refractivity contribution in [3.8, 4) is 5.82 Å². The number of nitrogens with zero attached hydrogens (tertiary/aromatic N) is 4. The molecule has 1 aromatic carbocycles. The number of pyridine rings is 1. The Morgan fingerprint density at radius 1 is 1.06 bits per heavy atom. The molecular weight excluding hydrogens is 400 g/mol. The highest BCUT2D eigenvalue weighted by Gasteiger charge is 2.33. The number of para-hydroxylation sites is 1. The molecular formula is C22H22N4O5. The molecule has 0 saturated carbocycles. The van der Waals surface area contributed by atoms with Crippen LogP contribution in [0.3, 0.4) is 0 Å². The first-order valence-electron chi connectivity index (χ1n) is 9.63. The van der Waals surface area contributed by atoms with Gasteiger partial charge in [0.15, 0.2) is 5.82 Å². The molecule has 31 heavy (non-hydrogen) atoms. The number of aryl methyl sites for hydroxylation is 2. The summed E-state index contributed by atoms with van der Waals surface area (Å²) in [5.41, 5.74) is 3.23. The molecule has 0 bridgehead atoms. The van der Waals surface area contributed by atoms with Crippen LogP contribution in [0.25, 0.3) is 16.7 Å². The Morgan fingerprint density at radius 3 is 2.52 bits per heavy atom. The fourth-order valence-electron chi connectivity index (χ4n) is 3.65. The molecule has 3 aromatic rings. The van der Waals surface area contributed by atoms with Crippen LogP contribution in [-0.2, 0) is 23.8 Å². The highest BCUT2D eigenvalue weighted by Crippen LogP contribution is 2.32. The maximum atomic E-state index is 12.6. The number of anilines is 1. The second kappa shape index (κ2) is 8.19. The van der Waals surface area contributed by atoms with Crippen LogP contribution in [0.2, 0.25) is 0 Å². The third-order valence-electron chi connectivity index (χ3n) is 5.03. The number of hydrogen-bond donors (Lipinski definition) is 0. The Bertz CT molecular complexity index is 1210. The second-order valence-corrected chi connectivity index (χ2v) is 7.07. The summed E-state index contributed by atoms with van der Waals surface area (Å²) in [5.74, 6) is -0.669. The standard InChI is InChI=1S/C22H22N4O5/c1-13-10-14(2)26(24-13)18-9-8-15-6-5-7-17(19(15)23-18)25-12-31-11-16(21(27)29-3)20(25)22(28)30-4/h5-10H,11-12H2,1-4H3. The first kappa shape index (κ1) is 20.5. The van der Waals surface area contributed by atoms with E-state index in [9.17, 15) is 9.59 Å². The molecule has 0 amide bonds. The van der Waals surface area contributed by atoms with E-state index in [0.29, 0.717) is 17.0 Å². The van der Waals surface area contributed by atoms with E-state index in [-0.39, 0.29) is 24.6 Å².